The zero-order chi connectivity index (χ0) is 15.8. The van der Waals surface area contributed by atoms with Crippen LogP contribution in [0, 0.1) is 11.8 Å². The van der Waals surface area contributed by atoms with Crippen LogP contribution in [0.15, 0.2) is 24.3 Å². The number of amides is 2. The lowest BCUT2D eigenvalue weighted by molar-refractivity contribution is -0.121. The number of hydrogen-bond acceptors (Lipinski definition) is 4. The molecule has 1 rings (SSSR count). The smallest absolute Gasteiger partial charge is 0.250 e. The van der Waals surface area contributed by atoms with Gasteiger partial charge in [-0.2, -0.15) is 0 Å². The van der Waals surface area contributed by atoms with Crippen LogP contribution >= 0.6 is 0 Å². The zero-order valence-corrected chi connectivity index (χ0v) is 12.7. The molecule has 0 aliphatic rings. The van der Waals surface area contributed by atoms with E-state index in [0.717, 1.165) is 0 Å². The molecule has 0 spiro atoms. The Morgan fingerprint density at radius 3 is 2.10 bits per heavy atom. The van der Waals surface area contributed by atoms with Gasteiger partial charge in [0.05, 0.1) is 5.92 Å². The summed E-state index contributed by atoms with van der Waals surface area (Å²) < 4.78 is 4.73. The minimum absolute atomic E-state index is 0.00502. The van der Waals surface area contributed by atoms with E-state index in [-0.39, 0.29) is 30.3 Å². The third-order valence-corrected chi connectivity index (χ3v) is 3.11. The fourth-order valence-electron chi connectivity index (χ4n) is 1.88. The van der Waals surface area contributed by atoms with Crippen molar-refractivity contribution in [3.63, 3.8) is 0 Å². The van der Waals surface area contributed by atoms with Crippen LogP contribution in [0.2, 0.25) is 0 Å². The van der Waals surface area contributed by atoms with Crippen molar-refractivity contribution in [3.8, 4) is 0 Å². The molecule has 0 saturated carbocycles. The topological polar surface area (TPSA) is 93.5 Å². The molecule has 0 aliphatic heterocycles. The van der Waals surface area contributed by atoms with E-state index in [2.05, 4.69) is 10.6 Å². The van der Waals surface area contributed by atoms with E-state index < -0.39 is 0 Å². The van der Waals surface area contributed by atoms with E-state index in [1.54, 1.807) is 24.3 Å². The molecular formula is C15H23N3O3. The Labute approximate surface area is 125 Å². The maximum Gasteiger partial charge on any atom is 0.250 e. The molecule has 0 heterocycles. The van der Waals surface area contributed by atoms with Crippen molar-refractivity contribution in [2.45, 2.75) is 13.8 Å². The molecule has 0 fully saturated rings. The second-order valence-electron chi connectivity index (χ2n) is 5.13. The molecule has 21 heavy (non-hydrogen) atoms. The van der Waals surface area contributed by atoms with Gasteiger partial charge in [-0.15, -0.1) is 0 Å². The van der Waals surface area contributed by atoms with E-state index in [1.807, 2.05) is 13.8 Å². The number of nitrogens with one attached hydrogen (secondary N) is 2. The number of methoxy groups -OCH3 is 1. The summed E-state index contributed by atoms with van der Waals surface area (Å²) >= 11 is 0. The second kappa shape index (κ2) is 8.39. The van der Waals surface area contributed by atoms with Crippen LogP contribution in [-0.4, -0.2) is 32.1 Å². The third-order valence-electron chi connectivity index (χ3n) is 3.11. The van der Waals surface area contributed by atoms with Crippen LogP contribution < -0.4 is 16.4 Å². The summed E-state index contributed by atoms with van der Waals surface area (Å²) in [6.07, 6.45) is 0. The standard InChI is InChI=1S/C15H23N3O3/c1-10(2)13(8-16)15(20)18-12-6-4-11(5-7-12)17-14(19)9-21-3/h4-7,10,13H,8-9,16H2,1-3H3,(H,17,19)(H,18,20). The zero-order valence-electron chi connectivity index (χ0n) is 12.7. The van der Waals surface area contributed by atoms with Crippen LogP contribution in [0.3, 0.4) is 0 Å². The number of ether oxygens (including phenoxy) is 1. The lowest BCUT2D eigenvalue weighted by atomic mass is 9.95. The average Bonchev–Trinajstić information content (AvgIpc) is 2.41. The average molecular weight is 293 g/mol. The van der Waals surface area contributed by atoms with Gasteiger partial charge in [-0.25, -0.2) is 0 Å². The van der Waals surface area contributed by atoms with Gasteiger partial charge in [-0.1, -0.05) is 13.8 Å². The van der Waals surface area contributed by atoms with Crippen molar-refractivity contribution in [2.24, 2.45) is 17.6 Å². The fourth-order valence-corrected chi connectivity index (χ4v) is 1.88. The van der Waals surface area contributed by atoms with Gasteiger partial charge in [0.15, 0.2) is 0 Å². The molecule has 2 amide bonds. The number of nitrogens with two attached hydrogens (primary N) is 1. The molecule has 116 valence electrons. The molecule has 1 unspecified atom stereocenters. The largest absolute Gasteiger partial charge is 0.375 e. The van der Waals surface area contributed by atoms with E-state index in [1.165, 1.54) is 7.11 Å². The molecule has 1 atom stereocenters. The number of hydrogen-bond donors (Lipinski definition) is 3. The first-order valence-corrected chi connectivity index (χ1v) is 6.87. The van der Waals surface area contributed by atoms with Crippen molar-refractivity contribution in [1.82, 2.24) is 0 Å². The quantitative estimate of drug-likeness (QED) is 0.709. The van der Waals surface area contributed by atoms with Gasteiger partial charge < -0.3 is 21.1 Å². The van der Waals surface area contributed by atoms with E-state index >= 15 is 0 Å². The molecular weight excluding hydrogens is 270 g/mol. The number of rotatable bonds is 7. The predicted octanol–water partition coefficient (Wildman–Crippen LogP) is 1.44. The van der Waals surface area contributed by atoms with Crippen LogP contribution in [-0.2, 0) is 14.3 Å². The first kappa shape index (κ1) is 17.1. The van der Waals surface area contributed by atoms with Crippen molar-refractivity contribution < 1.29 is 14.3 Å². The van der Waals surface area contributed by atoms with Gasteiger partial charge in [0.25, 0.3) is 0 Å². The molecule has 4 N–H and O–H groups in total. The number of anilines is 2. The van der Waals surface area contributed by atoms with Crippen molar-refractivity contribution in [2.75, 3.05) is 30.9 Å². The van der Waals surface area contributed by atoms with Crippen molar-refractivity contribution in [3.05, 3.63) is 24.3 Å². The summed E-state index contributed by atoms with van der Waals surface area (Å²) in [6.45, 7) is 4.25. The highest BCUT2D eigenvalue weighted by Gasteiger charge is 2.20. The summed E-state index contributed by atoms with van der Waals surface area (Å²) in [5, 5.41) is 5.50. The Balaban J connectivity index is 2.62. The molecule has 0 saturated heterocycles. The molecule has 0 aromatic heterocycles. The van der Waals surface area contributed by atoms with Gasteiger partial charge in [0.2, 0.25) is 11.8 Å². The van der Waals surface area contributed by atoms with Crippen molar-refractivity contribution in [1.29, 1.82) is 0 Å². The van der Waals surface area contributed by atoms with Gasteiger partial charge in [-0.3, -0.25) is 9.59 Å². The second-order valence-corrected chi connectivity index (χ2v) is 5.13. The van der Waals surface area contributed by atoms with Crippen molar-refractivity contribution >= 4 is 23.2 Å². The third kappa shape index (κ3) is 5.53. The van der Waals surface area contributed by atoms with E-state index in [4.69, 9.17) is 10.5 Å². The minimum atomic E-state index is -0.225. The molecule has 0 aliphatic carbocycles. The highest BCUT2D eigenvalue weighted by Crippen LogP contribution is 2.16. The Kier molecular flexibility index (Phi) is 6.84. The van der Waals surface area contributed by atoms with Crippen LogP contribution in [0.4, 0.5) is 11.4 Å². The van der Waals surface area contributed by atoms with Gasteiger partial charge >= 0.3 is 0 Å². The number of carbonyl (C=O) groups is 2. The molecule has 1 aromatic rings. The van der Waals surface area contributed by atoms with Gasteiger partial charge in [0.1, 0.15) is 6.61 Å². The molecule has 6 nitrogen and oxygen atoms in total. The first-order valence-electron chi connectivity index (χ1n) is 6.87. The maximum absolute atomic E-state index is 12.1. The SMILES string of the molecule is COCC(=O)Nc1ccc(NC(=O)C(CN)C(C)C)cc1. The molecule has 0 radical (unpaired) electrons. The highest BCUT2D eigenvalue weighted by molar-refractivity contribution is 5.94. The molecule has 0 bridgehead atoms. The lowest BCUT2D eigenvalue weighted by Gasteiger charge is -2.18. The van der Waals surface area contributed by atoms with Crippen LogP contribution in [0.1, 0.15) is 13.8 Å². The summed E-state index contributed by atoms with van der Waals surface area (Å²) in [5.41, 5.74) is 6.93. The first-order chi connectivity index (χ1) is 9.97. The highest BCUT2D eigenvalue weighted by atomic mass is 16.5. The minimum Gasteiger partial charge on any atom is -0.375 e. The van der Waals surface area contributed by atoms with Gasteiger partial charge in [0, 0.05) is 25.0 Å². The van der Waals surface area contributed by atoms with E-state index in [9.17, 15) is 9.59 Å². The monoisotopic (exact) mass is 293 g/mol. The normalized spacial score (nSPS) is 12.0. The fraction of sp³-hybridized carbons (Fsp3) is 0.467. The summed E-state index contributed by atoms with van der Waals surface area (Å²) in [6, 6.07) is 6.90. The predicted molar refractivity (Wildman–Crippen MR) is 83.0 cm³/mol. The van der Waals surface area contributed by atoms with Crippen LogP contribution in [0.25, 0.3) is 0 Å². The summed E-state index contributed by atoms with van der Waals surface area (Å²) in [4.78, 5) is 23.4. The Bertz CT molecular complexity index is 472. The number of carbonyl (C=O) groups excluding carboxylic acids is 2. The maximum atomic E-state index is 12.1. The Hall–Kier alpha value is -1.92. The Morgan fingerprint density at radius 1 is 1.14 bits per heavy atom. The lowest BCUT2D eigenvalue weighted by Crippen LogP contribution is -2.33. The summed E-state index contributed by atoms with van der Waals surface area (Å²) in [5.74, 6) is -0.352. The molecule has 1 aromatic carbocycles. The summed E-state index contributed by atoms with van der Waals surface area (Å²) in [7, 11) is 1.46. The van der Waals surface area contributed by atoms with E-state index in [0.29, 0.717) is 17.9 Å². The van der Waals surface area contributed by atoms with Crippen LogP contribution in [0.5, 0.6) is 0 Å². The molecule has 6 heteroatoms. The Morgan fingerprint density at radius 2 is 1.67 bits per heavy atom. The number of benzene rings is 1. The van der Waals surface area contributed by atoms with Gasteiger partial charge in [-0.05, 0) is 30.2 Å².